The number of sulfonamides is 1. The minimum Gasteiger partial charge on any atom is -0.367 e. The molecule has 2 aromatic heterocycles. The molecule has 3 rings (SSSR count). The van der Waals surface area contributed by atoms with Crippen molar-refractivity contribution in [3.8, 4) is 0 Å². The zero-order chi connectivity index (χ0) is 20.9. The van der Waals surface area contributed by atoms with E-state index in [1.54, 1.807) is 37.4 Å². The summed E-state index contributed by atoms with van der Waals surface area (Å²) >= 11 is 0. The number of rotatable bonds is 8. The van der Waals surface area contributed by atoms with Crippen LogP contribution in [0.4, 0.5) is 17.5 Å². The molecule has 0 unspecified atom stereocenters. The van der Waals surface area contributed by atoms with Crippen LogP contribution in [-0.4, -0.2) is 36.7 Å². The van der Waals surface area contributed by atoms with Crippen molar-refractivity contribution in [2.75, 3.05) is 23.7 Å². The van der Waals surface area contributed by atoms with Crippen LogP contribution in [0.2, 0.25) is 0 Å². The van der Waals surface area contributed by atoms with Crippen LogP contribution >= 0.6 is 0 Å². The van der Waals surface area contributed by atoms with Gasteiger partial charge in [-0.3, -0.25) is 0 Å². The van der Waals surface area contributed by atoms with Gasteiger partial charge in [0.1, 0.15) is 11.6 Å². The van der Waals surface area contributed by atoms with E-state index >= 15 is 0 Å². The summed E-state index contributed by atoms with van der Waals surface area (Å²) in [5.41, 5.74) is 2.71. The number of benzene rings is 1. The van der Waals surface area contributed by atoms with E-state index in [-0.39, 0.29) is 6.54 Å². The van der Waals surface area contributed by atoms with Crippen LogP contribution in [0.15, 0.2) is 53.6 Å². The number of hydrogen-bond donors (Lipinski definition) is 3. The number of nitrogens with one attached hydrogen (secondary N) is 3. The lowest BCUT2D eigenvalue weighted by molar-refractivity contribution is 0.582. The molecule has 8 nitrogen and oxygen atoms in total. The van der Waals surface area contributed by atoms with Gasteiger partial charge in [0, 0.05) is 19.3 Å². The molecule has 2 heterocycles. The molecule has 0 aliphatic heterocycles. The zero-order valence-electron chi connectivity index (χ0n) is 16.6. The summed E-state index contributed by atoms with van der Waals surface area (Å²) in [5, 5.41) is 14.3. The fourth-order valence-electron chi connectivity index (χ4n) is 2.68. The molecule has 29 heavy (non-hydrogen) atoms. The van der Waals surface area contributed by atoms with Crippen LogP contribution < -0.4 is 15.4 Å². The predicted molar refractivity (Wildman–Crippen MR) is 114 cm³/mol. The third-order valence-electron chi connectivity index (χ3n) is 4.19. The van der Waals surface area contributed by atoms with Gasteiger partial charge >= 0.3 is 0 Å². The Balaban J connectivity index is 1.51. The van der Waals surface area contributed by atoms with Crippen molar-refractivity contribution in [2.45, 2.75) is 25.7 Å². The van der Waals surface area contributed by atoms with Crippen LogP contribution in [0.5, 0.6) is 0 Å². The summed E-state index contributed by atoms with van der Waals surface area (Å²) in [5.74, 6) is 1.82. The Kier molecular flexibility index (Phi) is 6.40. The quantitative estimate of drug-likeness (QED) is 0.488. The monoisotopic (exact) mass is 412 g/mol. The van der Waals surface area contributed by atoms with Gasteiger partial charge in [0.25, 0.3) is 0 Å². The molecule has 0 radical (unpaired) electrons. The fourth-order valence-corrected chi connectivity index (χ4v) is 4.04. The maximum atomic E-state index is 12.5. The third-order valence-corrected chi connectivity index (χ3v) is 5.80. The predicted octanol–water partition coefficient (Wildman–Crippen LogP) is 2.93. The van der Waals surface area contributed by atoms with E-state index in [0.717, 1.165) is 11.1 Å². The summed E-state index contributed by atoms with van der Waals surface area (Å²) in [6, 6.07) is 12.7. The number of aromatic nitrogens is 3. The summed E-state index contributed by atoms with van der Waals surface area (Å²) in [4.78, 5) is 4.52. The molecule has 0 amide bonds. The second-order valence-electron chi connectivity index (χ2n) is 6.74. The maximum Gasteiger partial charge on any atom is 0.240 e. The van der Waals surface area contributed by atoms with Gasteiger partial charge in [-0.1, -0.05) is 12.1 Å². The highest BCUT2D eigenvalue weighted by molar-refractivity contribution is 7.89. The molecule has 9 heteroatoms. The number of nitrogens with zero attached hydrogens (tertiary/aromatic N) is 3. The Hall–Kier alpha value is -3.04. The Morgan fingerprint density at radius 3 is 2.28 bits per heavy atom. The fraction of sp³-hybridized carbons (Fsp3) is 0.250. The number of pyridine rings is 1. The average Bonchev–Trinajstić information content (AvgIpc) is 2.68. The molecular formula is C20H24N6O2S. The zero-order valence-corrected chi connectivity index (χ0v) is 17.4. The smallest absolute Gasteiger partial charge is 0.240 e. The molecule has 0 bridgehead atoms. The second-order valence-corrected chi connectivity index (χ2v) is 8.48. The van der Waals surface area contributed by atoms with Crippen LogP contribution in [0.3, 0.4) is 0 Å². The molecule has 0 aliphatic carbocycles. The van der Waals surface area contributed by atoms with Gasteiger partial charge in [0.15, 0.2) is 5.82 Å². The largest absolute Gasteiger partial charge is 0.367 e. The van der Waals surface area contributed by atoms with Crippen molar-refractivity contribution in [1.82, 2.24) is 19.9 Å². The van der Waals surface area contributed by atoms with Crippen LogP contribution in [0.25, 0.3) is 0 Å². The first-order valence-electron chi connectivity index (χ1n) is 9.18. The molecule has 3 N–H and O–H groups in total. The van der Waals surface area contributed by atoms with Gasteiger partial charge in [0.05, 0.1) is 4.90 Å². The Labute approximate surface area is 170 Å². The molecule has 0 saturated heterocycles. The highest BCUT2D eigenvalue weighted by Crippen LogP contribution is 2.16. The summed E-state index contributed by atoms with van der Waals surface area (Å²) < 4.78 is 27.6. The SMILES string of the molecule is Cc1ccnc(Nc2ccc(NCCNS(=O)(=O)c3cc(C)ccc3C)nn2)c1. The Morgan fingerprint density at radius 2 is 1.55 bits per heavy atom. The van der Waals surface area contributed by atoms with Crippen LogP contribution in [0.1, 0.15) is 16.7 Å². The third kappa shape index (κ3) is 5.72. The van der Waals surface area contributed by atoms with Crippen molar-refractivity contribution in [1.29, 1.82) is 0 Å². The minimum atomic E-state index is -3.56. The Bertz CT molecular complexity index is 1080. The lowest BCUT2D eigenvalue weighted by atomic mass is 10.2. The average molecular weight is 413 g/mol. The van der Waals surface area contributed by atoms with Crippen molar-refractivity contribution in [3.05, 3.63) is 65.4 Å². The molecule has 0 aliphatic rings. The molecular weight excluding hydrogens is 388 g/mol. The van der Waals surface area contributed by atoms with Gasteiger partial charge in [0.2, 0.25) is 10.0 Å². The second kappa shape index (κ2) is 8.97. The van der Waals surface area contributed by atoms with Crippen LogP contribution in [0, 0.1) is 20.8 Å². The molecule has 0 fully saturated rings. The standard InChI is InChI=1S/C20H24N6O2S/c1-14-4-5-16(3)17(12-14)29(27,28)23-11-10-22-18-6-7-19(26-25-18)24-20-13-15(2)8-9-21-20/h4-9,12-13,23H,10-11H2,1-3H3,(H,22,25)(H,21,24,26). The summed E-state index contributed by atoms with van der Waals surface area (Å²) in [6.45, 7) is 6.24. The normalized spacial score (nSPS) is 11.3. The number of aryl methyl sites for hydroxylation is 3. The number of anilines is 3. The van der Waals surface area contributed by atoms with E-state index in [1.807, 2.05) is 32.0 Å². The van der Waals surface area contributed by atoms with Crippen molar-refractivity contribution in [3.63, 3.8) is 0 Å². The first-order valence-corrected chi connectivity index (χ1v) is 10.7. The highest BCUT2D eigenvalue weighted by Gasteiger charge is 2.16. The first kappa shape index (κ1) is 20.7. The lowest BCUT2D eigenvalue weighted by Gasteiger charge is -2.11. The maximum absolute atomic E-state index is 12.5. The first-order chi connectivity index (χ1) is 13.8. The van der Waals surface area contributed by atoms with E-state index in [2.05, 4.69) is 30.5 Å². The van der Waals surface area contributed by atoms with Crippen LogP contribution in [-0.2, 0) is 10.0 Å². The molecule has 1 aromatic carbocycles. The van der Waals surface area contributed by atoms with E-state index in [9.17, 15) is 8.42 Å². The lowest BCUT2D eigenvalue weighted by Crippen LogP contribution is -2.29. The molecule has 0 atom stereocenters. The van der Waals surface area contributed by atoms with E-state index in [0.29, 0.717) is 34.5 Å². The summed E-state index contributed by atoms with van der Waals surface area (Å²) in [7, 11) is -3.56. The topological polar surface area (TPSA) is 109 Å². The van der Waals surface area contributed by atoms with E-state index in [1.165, 1.54) is 0 Å². The Morgan fingerprint density at radius 1 is 0.828 bits per heavy atom. The molecule has 0 spiro atoms. The van der Waals surface area contributed by atoms with Crippen molar-refractivity contribution >= 4 is 27.5 Å². The van der Waals surface area contributed by atoms with E-state index in [4.69, 9.17) is 0 Å². The van der Waals surface area contributed by atoms with E-state index < -0.39 is 10.0 Å². The molecule has 0 saturated carbocycles. The van der Waals surface area contributed by atoms with Gasteiger partial charge < -0.3 is 10.6 Å². The van der Waals surface area contributed by atoms with Crippen molar-refractivity contribution < 1.29 is 8.42 Å². The number of hydrogen-bond acceptors (Lipinski definition) is 7. The molecule has 3 aromatic rings. The molecule has 152 valence electrons. The van der Waals surface area contributed by atoms with Gasteiger partial charge in [-0.05, 0) is 67.8 Å². The van der Waals surface area contributed by atoms with Gasteiger partial charge in [-0.2, -0.15) is 0 Å². The highest BCUT2D eigenvalue weighted by atomic mass is 32.2. The summed E-state index contributed by atoms with van der Waals surface area (Å²) in [6.07, 6.45) is 1.72. The van der Waals surface area contributed by atoms with Gasteiger partial charge in [-0.25, -0.2) is 18.1 Å². The minimum absolute atomic E-state index is 0.227. The van der Waals surface area contributed by atoms with Gasteiger partial charge in [-0.15, -0.1) is 10.2 Å². The van der Waals surface area contributed by atoms with Crippen molar-refractivity contribution in [2.24, 2.45) is 0 Å².